The third-order valence-electron chi connectivity index (χ3n) is 6.05. The zero-order chi connectivity index (χ0) is 22.1. The van der Waals surface area contributed by atoms with Gasteiger partial charge in [0.05, 0.1) is 10.4 Å². The van der Waals surface area contributed by atoms with Crippen LogP contribution in [0.3, 0.4) is 0 Å². The van der Waals surface area contributed by atoms with Crippen LogP contribution in [-0.4, -0.2) is 42.1 Å². The highest BCUT2D eigenvalue weighted by Crippen LogP contribution is 2.28. The van der Waals surface area contributed by atoms with Crippen LogP contribution < -0.4 is 15.5 Å². The fourth-order valence-electron chi connectivity index (χ4n) is 4.38. The second-order valence-electron chi connectivity index (χ2n) is 8.60. The molecule has 0 radical (unpaired) electrons. The van der Waals surface area contributed by atoms with E-state index in [2.05, 4.69) is 28.8 Å². The molecule has 7 heteroatoms. The Bertz CT molecular complexity index is 1230. The van der Waals surface area contributed by atoms with E-state index in [1.54, 1.807) is 11.3 Å². The number of fused-ring (bicyclic) bond motifs is 2. The van der Waals surface area contributed by atoms with E-state index in [4.69, 9.17) is 9.97 Å². The van der Waals surface area contributed by atoms with Crippen molar-refractivity contribution in [3.63, 3.8) is 0 Å². The largest absolute Gasteiger partial charge is 0.362 e. The van der Waals surface area contributed by atoms with Crippen LogP contribution in [0.2, 0.25) is 0 Å². The molecule has 0 atom stereocenters. The van der Waals surface area contributed by atoms with E-state index in [9.17, 15) is 4.79 Å². The Balaban J connectivity index is 1.21. The molecule has 2 N–H and O–H groups in total. The van der Waals surface area contributed by atoms with Crippen LogP contribution in [0.1, 0.15) is 35.4 Å². The Morgan fingerprint density at radius 2 is 1.69 bits per heavy atom. The number of hydrogen-bond donors (Lipinski definition) is 2. The van der Waals surface area contributed by atoms with Crippen molar-refractivity contribution in [1.29, 1.82) is 0 Å². The summed E-state index contributed by atoms with van der Waals surface area (Å²) in [6.07, 6.45) is 3.85. The molecule has 1 aliphatic carbocycles. The zero-order valence-corrected chi connectivity index (χ0v) is 19.2. The number of rotatable bonds is 5. The zero-order valence-electron chi connectivity index (χ0n) is 18.3. The van der Waals surface area contributed by atoms with Crippen molar-refractivity contribution >= 4 is 50.0 Å². The Kier molecular flexibility index (Phi) is 5.66. The van der Waals surface area contributed by atoms with E-state index in [1.165, 1.54) is 0 Å². The number of amides is 1. The highest BCUT2D eigenvalue weighted by atomic mass is 32.1. The molecule has 0 aliphatic heterocycles. The van der Waals surface area contributed by atoms with Gasteiger partial charge in [0.25, 0.3) is 5.91 Å². The summed E-state index contributed by atoms with van der Waals surface area (Å²) in [6.45, 7) is 0. The molecule has 0 saturated heterocycles. The second-order valence-corrected chi connectivity index (χ2v) is 9.68. The number of hydrogen-bond acceptors (Lipinski definition) is 6. The number of nitrogens with zero attached hydrogens (tertiary/aromatic N) is 3. The van der Waals surface area contributed by atoms with E-state index in [0.29, 0.717) is 12.0 Å². The average molecular weight is 446 g/mol. The van der Waals surface area contributed by atoms with Gasteiger partial charge < -0.3 is 15.5 Å². The fraction of sp³-hybridized carbons (Fsp3) is 0.320. The SMILES string of the molecule is CN(C)c1nc(N[C@H]2CC[C@@H](NC(=O)c3cc4ccccc4s3)CC2)nc2ccccc12. The van der Waals surface area contributed by atoms with E-state index in [0.717, 1.165) is 57.4 Å². The van der Waals surface area contributed by atoms with Crippen molar-refractivity contribution in [2.24, 2.45) is 0 Å². The van der Waals surface area contributed by atoms with Crippen LogP contribution in [0.4, 0.5) is 11.8 Å². The third-order valence-corrected chi connectivity index (χ3v) is 7.17. The van der Waals surface area contributed by atoms with Crippen molar-refractivity contribution < 1.29 is 4.79 Å². The lowest BCUT2D eigenvalue weighted by molar-refractivity contribution is 0.0930. The Labute approximate surface area is 191 Å². The monoisotopic (exact) mass is 445 g/mol. The molecule has 0 unspecified atom stereocenters. The summed E-state index contributed by atoms with van der Waals surface area (Å²) < 4.78 is 1.15. The fourth-order valence-corrected chi connectivity index (χ4v) is 5.35. The van der Waals surface area contributed by atoms with Gasteiger partial charge in [0, 0.05) is 36.3 Å². The van der Waals surface area contributed by atoms with E-state index >= 15 is 0 Å². The summed E-state index contributed by atoms with van der Waals surface area (Å²) in [5, 5.41) is 8.95. The number of nitrogens with one attached hydrogen (secondary N) is 2. The molecule has 2 aromatic heterocycles. The molecule has 2 aromatic carbocycles. The van der Waals surface area contributed by atoms with Gasteiger partial charge in [-0.2, -0.15) is 4.98 Å². The summed E-state index contributed by atoms with van der Waals surface area (Å²) in [5.41, 5.74) is 0.943. The number of aromatic nitrogens is 2. The topological polar surface area (TPSA) is 70.2 Å². The van der Waals surface area contributed by atoms with Gasteiger partial charge in [-0.1, -0.05) is 30.3 Å². The Morgan fingerprint density at radius 1 is 0.969 bits per heavy atom. The van der Waals surface area contributed by atoms with E-state index < -0.39 is 0 Å². The summed E-state index contributed by atoms with van der Waals surface area (Å²) in [4.78, 5) is 25.0. The molecule has 6 nitrogen and oxygen atoms in total. The minimum absolute atomic E-state index is 0.0381. The van der Waals surface area contributed by atoms with Crippen molar-refractivity contribution in [2.45, 2.75) is 37.8 Å². The van der Waals surface area contributed by atoms with Crippen LogP contribution in [0.25, 0.3) is 21.0 Å². The normalized spacial score (nSPS) is 18.6. The molecule has 164 valence electrons. The van der Waals surface area contributed by atoms with Gasteiger partial charge in [0.2, 0.25) is 5.95 Å². The van der Waals surface area contributed by atoms with Crippen LogP contribution in [0.5, 0.6) is 0 Å². The van der Waals surface area contributed by atoms with Crippen LogP contribution >= 0.6 is 11.3 Å². The lowest BCUT2D eigenvalue weighted by Crippen LogP contribution is -2.40. The van der Waals surface area contributed by atoms with Gasteiger partial charge in [0.1, 0.15) is 5.82 Å². The maximum absolute atomic E-state index is 12.7. The van der Waals surface area contributed by atoms with Crippen molar-refractivity contribution in [2.75, 3.05) is 24.3 Å². The summed E-state index contributed by atoms with van der Waals surface area (Å²) in [5.74, 6) is 1.63. The molecule has 5 rings (SSSR count). The van der Waals surface area contributed by atoms with Gasteiger partial charge in [0.15, 0.2) is 0 Å². The number of carbonyl (C=O) groups is 1. The quantitative estimate of drug-likeness (QED) is 0.449. The van der Waals surface area contributed by atoms with Gasteiger partial charge in [-0.15, -0.1) is 11.3 Å². The molecule has 1 amide bonds. The van der Waals surface area contributed by atoms with Gasteiger partial charge in [-0.05, 0) is 55.3 Å². The third kappa shape index (κ3) is 4.25. The molecule has 1 fully saturated rings. The molecule has 2 heterocycles. The van der Waals surface area contributed by atoms with E-state index in [1.807, 2.05) is 55.4 Å². The molecule has 32 heavy (non-hydrogen) atoms. The number of thiophene rings is 1. The van der Waals surface area contributed by atoms with Crippen molar-refractivity contribution in [3.05, 3.63) is 59.5 Å². The van der Waals surface area contributed by atoms with Crippen molar-refractivity contribution in [3.8, 4) is 0 Å². The smallest absolute Gasteiger partial charge is 0.261 e. The predicted octanol–water partition coefficient (Wildman–Crippen LogP) is 5.06. The van der Waals surface area contributed by atoms with Crippen LogP contribution in [0.15, 0.2) is 54.6 Å². The Hall–Kier alpha value is -3.19. The molecular weight excluding hydrogens is 418 g/mol. The lowest BCUT2D eigenvalue weighted by Gasteiger charge is -2.29. The molecule has 0 bridgehead atoms. The van der Waals surface area contributed by atoms with Crippen LogP contribution in [-0.2, 0) is 0 Å². The lowest BCUT2D eigenvalue weighted by atomic mass is 9.91. The standard InChI is InChI=1S/C25H27N5OS/c1-30(2)23-19-8-4-5-9-20(19)28-25(29-23)27-18-13-11-17(12-14-18)26-24(31)22-15-16-7-3-6-10-21(16)32-22/h3-10,15,17-18H,11-14H2,1-2H3,(H,26,31)(H,27,28,29)/t17-,18+. The molecule has 1 saturated carbocycles. The highest BCUT2D eigenvalue weighted by Gasteiger charge is 2.24. The van der Waals surface area contributed by atoms with E-state index in [-0.39, 0.29) is 11.9 Å². The molecule has 1 aliphatic rings. The maximum atomic E-state index is 12.7. The number of para-hydroxylation sites is 1. The number of benzene rings is 2. The minimum Gasteiger partial charge on any atom is -0.362 e. The van der Waals surface area contributed by atoms with Gasteiger partial charge in [-0.3, -0.25) is 4.79 Å². The molecule has 4 aromatic rings. The number of carbonyl (C=O) groups excluding carboxylic acids is 1. The second kappa shape index (κ2) is 8.74. The molecular formula is C25H27N5OS. The summed E-state index contributed by atoms with van der Waals surface area (Å²) in [6, 6.07) is 18.7. The van der Waals surface area contributed by atoms with Crippen LogP contribution in [0, 0.1) is 0 Å². The van der Waals surface area contributed by atoms with Crippen molar-refractivity contribution in [1.82, 2.24) is 15.3 Å². The molecule has 0 spiro atoms. The first-order valence-electron chi connectivity index (χ1n) is 11.1. The average Bonchev–Trinajstić information content (AvgIpc) is 3.24. The van der Waals surface area contributed by atoms with Gasteiger partial charge in [-0.25, -0.2) is 4.98 Å². The first-order valence-corrected chi connectivity index (χ1v) is 11.9. The van der Waals surface area contributed by atoms with Gasteiger partial charge >= 0.3 is 0 Å². The first kappa shape index (κ1) is 20.7. The highest BCUT2D eigenvalue weighted by molar-refractivity contribution is 7.20. The summed E-state index contributed by atoms with van der Waals surface area (Å²) in [7, 11) is 4.01. The predicted molar refractivity (Wildman–Crippen MR) is 133 cm³/mol. The minimum atomic E-state index is 0.0381. The first-order chi connectivity index (χ1) is 15.6. The number of anilines is 2. The summed E-state index contributed by atoms with van der Waals surface area (Å²) >= 11 is 1.56. The Morgan fingerprint density at radius 3 is 2.47 bits per heavy atom. The maximum Gasteiger partial charge on any atom is 0.261 e.